The van der Waals surface area contributed by atoms with Crippen LogP contribution in [-0.4, -0.2) is 36.0 Å². The number of carboxylic acid groups (broad SMARTS) is 1. The molecule has 1 aromatic carbocycles. The molecule has 1 aliphatic heterocycles. The lowest BCUT2D eigenvalue weighted by Gasteiger charge is -1.99. The fraction of sp³-hybridized carbons (Fsp3) is 0.333. The smallest absolute Gasteiger partial charge is 0.335 e. The van der Waals surface area contributed by atoms with Gasteiger partial charge in [-0.25, -0.2) is 18.2 Å². The first-order valence-corrected chi connectivity index (χ1v) is 7.61. The predicted molar refractivity (Wildman–Crippen MR) is 67.0 cm³/mol. The van der Waals surface area contributed by atoms with Gasteiger partial charge in [-0.1, -0.05) is 0 Å². The molecule has 19 heavy (non-hydrogen) atoms. The van der Waals surface area contributed by atoms with Crippen molar-refractivity contribution in [2.45, 2.75) is 12.3 Å². The van der Waals surface area contributed by atoms with E-state index in [0.717, 1.165) is 0 Å². The summed E-state index contributed by atoms with van der Waals surface area (Å²) in [5, 5.41) is 8.89. The van der Waals surface area contributed by atoms with Crippen molar-refractivity contribution in [3.05, 3.63) is 29.7 Å². The Morgan fingerprint density at radius 1 is 1.42 bits per heavy atom. The second-order valence-corrected chi connectivity index (χ2v) is 6.87. The van der Waals surface area contributed by atoms with Gasteiger partial charge in [-0.2, -0.15) is 0 Å². The molecular weight excluding hydrogens is 270 g/mol. The fourth-order valence-corrected chi connectivity index (χ4v) is 3.97. The molecule has 1 atom stereocenters. The Kier molecular flexibility index (Phi) is 2.60. The van der Waals surface area contributed by atoms with Crippen LogP contribution in [0.3, 0.4) is 0 Å². The number of carbonyl (C=O) groups is 1. The third kappa shape index (κ3) is 2.21. The molecule has 6 nitrogen and oxygen atoms in total. The first-order chi connectivity index (χ1) is 8.94. The first kappa shape index (κ1) is 12.2. The molecule has 2 heterocycles. The van der Waals surface area contributed by atoms with E-state index in [9.17, 15) is 13.2 Å². The van der Waals surface area contributed by atoms with E-state index in [2.05, 4.69) is 4.98 Å². The number of aromatic nitrogens is 1. The van der Waals surface area contributed by atoms with Gasteiger partial charge in [-0.3, -0.25) is 0 Å². The van der Waals surface area contributed by atoms with Crippen molar-refractivity contribution < 1.29 is 22.7 Å². The van der Waals surface area contributed by atoms with Crippen molar-refractivity contribution in [2.75, 3.05) is 11.5 Å². The maximum absolute atomic E-state index is 11.4. The minimum absolute atomic E-state index is 0.0472. The minimum Gasteiger partial charge on any atom is -0.478 e. The number of aromatic carboxylic acids is 1. The molecule has 0 aliphatic carbocycles. The van der Waals surface area contributed by atoms with Crippen molar-refractivity contribution in [3.8, 4) is 0 Å². The van der Waals surface area contributed by atoms with Crippen LogP contribution < -0.4 is 0 Å². The maximum atomic E-state index is 11.4. The van der Waals surface area contributed by atoms with Crippen LogP contribution in [0.25, 0.3) is 11.1 Å². The Balaban J connectivity index is 2.00. The molecule has 2 aromatic rings. The fourth-order valence-electron chi connectivity index (χ4n) is 2.24. The van der Waals surface area contributed by atoms with Crippen LogP contribution in [0.1, 0.15) is 28.6 Å². The van der Waals surface area contributed by atoms with E-state index in [-0.39, 0.29) is 23.0 Å². The predicted octanol–water partition coefficient (Wildman–Crippen LogP) is 1.43. The first-order valence-electron chi connectivity index (χ1n) is 5.79. The summed E-state index contributed by atoms with van der Waals surface area (Å²) in [6.07, 6.45) is 0.501. The lowest BCUT2D eigenvalue weighted by molar-refractivity contribution is 0.0697. The lowest BCUT2D eigenvalue weighted by Crippen LogP contribution is -2.03. The number of rotatable bonds is 2. The van der Waals surface area contributed by atoms with E-state index in [4.69, 9.17) is 9.52 Å². The quantitative estimate of drug-likeness (QED) is 0.894. The van der Waals surface area contributed by atoms with Gasteiger partial charge in [-0.05, 0) is 24.6 Å². The monoisotopic (exact) mass is 281 g/mol. The van der Waals surface area contributed by atoms with Crippen LogP contribution >= 0.6 is 0 Å². The van der Waals surface area contributed by atoms with E-state index in [1.54, 1.807) is 6.07 Å². The van der Waals surface area contributed by atoms with E-state index >= 15 is 0 Å². The molecule has 1 unspecified atom stereocenters. The van der Waals surface area contributed by atoms with Gasteiger partial charge in [0.25, 0.3) is 0 Å². The maximum Gasteiger partial charge on any atom is 0.335 e. The van der Waals surface area contributed by atoms with Gasteiger partial charge < -0.3 is 9.52 Å². The van der Waals surface area contributed by atoms with Gasteiger partial charge in [0, 0.05) is 0 Å². The van der Waals surface area contributed by atoms with Gasteiger partial charge in [0.1, 0.15) is 5.52 Å². The number of benzene rings is 1. The normalized spacial score (nSPS) is 21.8. The third-order valence-corrected chi connectivity index (χ3v) is 5.00. The van der Waals surface area contributed by atoms with Crippen molar-refractivity contribution >= 4 is 26.9 Å². The molecule has 1 saturated heterocycles. The Labute approximate surface area is 109 Å². The van der Waals surface area contributed by atoms with Crippen LogP contribution in [0.15, 0.2) is 22.6 Å². The molecule has 3 rings (SSSR count). The van der Waals surface area contributed by atoms with Crippen molar-refractivity contribution in [3.63, 3.8) is 0 Å². The number of fused-ring (bicyclic) bond motifs is 1. The zero-order chi connectivity index (χ0) is 13.6. The van der Waals surface area contributed by atoms with Crippen LogP contribution in [0.4, 0.5) is 0 Å². The highest BCUT2D eigenvalue weighted by atomic mass is 32.2. The Hall–Kier alpha value is -1.89. The average Bonchev–Trinajstić information content (AvgIpc) is 2.90. The summed E-state index contributed by atoms with van der Waals surface area (Å²) in [6, 6.07) is 4.41. The number of nitrogens with zero attached hydrogens (tertiary/aromatic N) is 1. The Morgan fingerprint density at radius 2 is 2.21 bits per heavy atom. The van der Waals surface area contributed by atoms with Crippen molar-refractivity contribution in [2.24, 2.45) is 0 Å². The molecular formula is C12H11NO5S. The largest absolute Gasteiger partial charge is 0.478 e. The second-order valence-electron chi connectivity index (χ2n) is 4.64. The van der Waals surface area contributed by atoms with Gasteiger partial charge in [0.05, 0.1) is 23.0 Å². The van der Waals surface area contributed by atoms with Crippen LogP contribution in [0.2, 0.25) is 0 Å². The molecule has 0 bridgehead atoms. The van der Waals surface area contributed by atoms with Gasteiger partial charge in [0.2, 0.25) is 0 Å². The molecule has 7 heteroatoms. The summed E-state index contributed by atoms with van der Waals surface area (Å²) in [6.45, 7) is 0. The standard InChI is InChI=1S/C12H11NO5S/c14-12(15)7-1-2-9-10(5-7)18-11(13-9)8-3-4-19(16,17)6-8/h1-2,5,8H,3-4,6H2,(H,14,15). The van der Waals surface area contributed by atoms with Crippen molar-refractivity contribution in [1.29, 1.82) is 0 Å². The number of hydrogen-bond acceptors (Lipinski definition) is 5. The zero-order valence-corrected chi connectivity index (χ0v) is 10.7. The summed E-state index contributed by atoms with van der Waals surface area (Å²) in [4.78, 5) is 15.1. The molecule has 1 aromatic heterocycles. The van der Waals surface area contributed by atoms with E-state index in [1.807, 2.05) is 0 Å². The topological polar surface area (TPSA) is 97.5 Å². The number of oxazole rings is 1. The molecule has 1 N–H and O–H groups in total. The number of sulfone groups is 1. The summed E-state index contributed by atoms with van der Waals surface area (Å²) >= 11 is 0. The number of carboxylic acids is 1. The van der Waals surface area contributed by atoms with Gasteiger partial charge in [-0.15, -0.1) is 0 Å². The van der Waals surface area contributed by atoms with Crippen LogP contribution in [0.5, 0.6) is 0 Å². The molecule has 1 fully saturated rings. The lowest BCUT2D eigenvalue weighted by atomic mass is 10.1. The highest BCUT2D eigenvalue weighted by molar-refractivity contribution is 7.91. The molecule has 0 amide bonds. The zero-order valence-electron chi connectivity index (χ0n) is 9.87. The number of hydrogen-bond donors (Lipinski definition) is 1. The molecule has 1 aliphatic rings. The highest BCUT2D eigenvalue weighted by Crippen LogP contribution is 2.30. The summed E-state index contributed by atoms with van der Waals surface area (Å²) in [5.41, 5.74) is 1.04. The van der Waals surface area contributed by atoms with Gasteiger partial charge >= 0.3 is 5.97 Å². The van der Waals surface area contributed by atoms with E-state index in [1.165, 1.54) is 12.1 Å². The minimum atomic E-state index is -3.00. The van der Waals surface area contributed by atoms with Crippen LogP contribution in [-0.2, 0) is 9.84 Å². The molecule has 100 valence electrons. The van der Waals surface area contributed by atoms with E-state index < -0.39 is 15.8 Å². The third-order valence-electron chi connectivity index (χ3n) is 3.23. The Morgan fingerprint density at radius 3 is 2.84 bits per heavy atom. The van der Waals surface area contributed by atoms with Gasteiger partial charge in [0.15, 0.2) is 21.3 Å². The second kappa shape index (κ2) is 4.06. The molecule has 0 spiro atoms. The van der Waals surface area contributed by atoms with Crippen molar-refractivity contribution in [1.82, 2.24) is 4.98 Å². The SMILES string of the molecule is O=C(O)c1ccc2nc(C3CCS(=O)(=O)C3)oc2c1. The summed E-state index contributed by atoms with van der Waals surface area (Å²) in [5.74, 6) is -0.699. The van der Waals surface area contributed by atoms with E-state index in [0.29, 0.717) is 23.4 Å². The summed E-state index contributed by atoms with van der Waals surface area (Å²) < 4.78 is 28.3. The average molecular weight is 281 g/mol. The Bertz CT molecular complexity index is 762. The molecule has 0 saturated carbocycles. The molecule has 0 radical (unpaired) electrons. The summed E-state index contributed by atoms with van der Waals surface area (Å²) in [7, 11) is -3.00. The highest BCUT2D eigenvalue weighted by Gasteiger charge is 2.32. The van der Waals surface area contributed by atoms with Crippen LogP contribution in [0, 0.1) is 0 Å².